The van der Waals surface area contributed by atoms with Gasteiger partial charge in [-0.05, 0) is 43.7 Å². The van der Waals surface area contributed by atoms with E-state index in [-0.39, 0.29) is 0 Å². The number of halogens is 1. The molecule has 0 bridgehead atoms. The maximum atomic E-state index is 5.97. The van der Waals surface area contributed by atoms with Gasteiger partial charge >= 0.3 is 0 Å². The van der Waals surface area contributed by atoms with Gasteiger partial charge in [0.25, 0.3) is 0 Å². The Labute approximate surface area is 145 Å². The molecule has 3 nitrogen and oxygen atoms in total. The summed E-state index contributed by atoms with van der Waals surface area (Å²) in [6, 6.07) is 18.2. The Morgan fingerprint density at radius 2 is 1.74 bits per heavy atom. The van der Waals surface area contributed by atoms with Crippen molar-refractivity contribution in [2.24, 2.45) is 0 Å². The largest absolute Gasteiger partial charge is 0.302 e. The van der Waals surface area contributed by atoms with E-state index in [1.807, 2.05) is 30.3 Å². The minimum Gasteiger partial charge on any atom is -0.302 e. The van der Waals surface area contributed by atoms with Gasteiger partial charge in [-0.3, -0.25) is 0 Å². The van der Waals surface area contributed by atoms with Crippen molar-refractivity contribution in [3.63, 3.8) is 0 Å². The van der Waals surface area contributed by atoms with Gasteiger partial charge in [0, 0.05) is 22.4 Å². The zero-order valence-corrected chi connectivity index (χ0v) is 14.7. The Bertz CT molecular complexity index is 769. The maximum Gasteiger partial charge on any atom is 0.192 e. The highest BCUT2D eigenvalue weighted by Gasteiger charge is 2.16. The van der Waals surface area contributed by atoms with Crippen molar-refractivity contribution in [1.29, 1.82) is 0 Å². The lowest BCUT2D eigenvalue weighted by molar-refractivity contribution is 0.686. The van der Waals surface area contributed by atoms with Crippen LogP contribution in [0.2, 0.25) is 5.02 Å². The van der Waals surface area contributed by atoms with Gasteiger partial charge in [0.2, 0.25) is 0 Å². The van der Waals surface area contributed by atoms with Gasteiger partial charge in [0.05, 0.1) is 0 Å². The minimum absolute atomic E-state index is 0.323. The SMILES string of the molecule is CCn1c(SC(C)c2ccccc2)nnc1-c1ccc(Cl)cc1. The van der Waals surface area contributed by atoms with Gasteiger partial charge in [0.15, 0.2) is 11.0 Å². The van der Waals surface area contributed by atoms with Crippen LogP contribution in [0, 0.1) is 0 Å². The highest BCUT2D eigenvalue weighted by molar-refractivity contribution is 7.99. The van der Waals surface area contributed by atoms with E-state index in [4.69, 9.17) is 11.6 Å². The van der Waals surface area contributed by atoms with Gasteiger partial charge in [-0.1, -0.05) is 53.7 Å². The zero-order valence-electron chi connectivity index (χ0n) is 13.1. The Morgan fingerprint density at radius 3 is 2.39 bits per heavy atom. The molecule has 0 fully saturated rings. The molecular formula is C18H18ClN3S. The monoisotopic (exact) mass is 343 g/mol. The van der Waals surface area contributed by atoms with E-state index in [9.17, 15) is 0 Å². The van der Waals surface area contributed by atoms with Crippen LogP contribution in [-0.4, -0.2) is 14.8 Å². The predicted octanol–water partition coefficient (Wildman–Crippen LogP) is 5.47. The van der Waals surface area contributed by atoms with Crippen molar-refractivity contribution in [2.75, 3.05) is 0 Å². The molecule has 3 rings (SSSR count). The van der Waals surface area contributed by atoms with Crippen LogP contribution in [0.4, 0.5) is 0 Å². The lowest BCUT2D eigenvalue weighted by Crippen LogP contribution is -2.00. The number of thioether (sulfide) groups is 1. The summed E-state index contributed by atoms with van der Waals surface area (Å²) in [5.41, 5.74) is 2.32. The molecule has 0 amide bonds. The molecule has 0 N–H and O–H groups in total. The lowest BCUT2D eigenvalue weighted by Gasteiger charge is -2.12. The van der Waals surface area contributed by atoms with Crippen LogP contribution in [-0.2, 0) is 6.54 Å². The van der Waals surface area contributed by atoms with E-state index in [1.54, 1.807) is 11.8 Å². The molecule has 1 unspecified atom stereocenters. The quantitative estimate of drug-likeness (QED) is 0.575. The summed E-state index contributed by atoms with van der Waals surface area (Å²) in [6.45, 7) is 5.13. The van der Waals surface area contributed by atoms with Gasteiger partial charge in [-0.2, -0.15) is 0 Å². The third kappa shape index (κ3) is 3.59. The fourth-order valence-electron chi connectivity index (χ4n) is 2.42. The number of nitrogens with zero attached hydrogens (tertiary/aromatic N) is 3. The second kappa shape index (κ2) is 7.20. The Kier molecular flexibility index (Phi) is 5.03. The van der Waals surface area contributed by atoms with Crippen molar-refractivity contribution in [3.8, 4) is 11.4 Å². The van der Waals surface area contributed by atoms with E-state index >= 15 is 0 Å². The van der Waals surface area contributed by atoms with E-state index in [2.05, 4.69) is 52.9 Å². The summed E-state index contributed by atoms with van der Waals surface area (Å²) < 4.78 is 2.15. The molecule has 3 aromatic rings. The molecule has 0 aliphatic heterocycles. The fraction of sp³-hybridized carbons (Fsp3) is 0.222. The van der Waals surface area contributed by atoms with Crippen LogP contribution >= 0.6 is 23.4 Å². The molecule has 118 valence electrons. The maximum absolute atomic E-state index is 5.97. The topological polar surface area (TPSA) is 30.7 Å². The zero-order chi connectivity index (χ0) is 16.2. The molecule has 0 saturated carbocycles. The fourth-order valence-corrected chi connectivity index (χ4v) is 3.59. The molecule has 1 heterocycles. The lowest BCUT2D eigenvalue weighted by atomic mass is 10.2. The first-order valence-electron chi connectivity index (χ1n) is 7.59. The third-order valence-electron chi connectivity index (χ3n) is 3.69. The standard InChI is InChI=1S/C18H18ClN3S/c1-3-22-17(15-9-11-16(19)12-10-15)20-21-18(22)23-13(2)14-7-5-4-6-8-14/h4-13H,3H2,1-2H3. The van der Waals surface area contributed by atoms with Crippen LogP contribution in [0.1, 0.15) is 24.7 Å². The molecule has 0 aliphatic rings. The van der Waals surface area contributed by atoms with Gasteiger partial charge in [-0.15, -0.1) is 10.2 Å². The molecule has 0 saturated heterocycles. The smallest absolute Gasteiger partial charge is 0.192 e. The highest BCUT2D eigenvalue weighted by Crippen LogP contribution is 2.35. The Hall–Kier alpha value is -1.78. The van der Waals surface area contributed by atoms with Crippen molar-refractivity contribution in [1.82, 2.24) is 14.8 Å². The first-order chi connectivity index (χ1) is 11.2. The van der Waals surface area contributed by atoms with Crippen LogP contribution < -0.4 is 0 Å². The van der Waals surface area contributed by atoms with Crippen LogP contribution in [0.15, 0.2) is 59.8 Å². The number of benzene rings is 2. The van der Waals surface area contributed by atoms with Crippen molar-refractivity contribution in [2.45, 2.75) is 30.8 Å². The summed E-state index contributed by atoms with van der Waals surface area (Å²) in [6.07, 6.45) is 0. The molecule has 0 radical (unpaired) electrons. The van der Waals surface area contributed by atoms with Gasteiger partial charge in [0.1, 0.15) is 0 Å². The Morgan fingerprint density at radius 1 is 1.04 bits per heavy atom. The third-order valence-corrected chi connectivity index (χ3v) is 5.08. The summed E-state index contributed by atoms with van der Waals surface area (Å²) in [5.74, 6) is 0.881. The summed E-state index contributed by atoms with van der Waals surface area (Å²) >= 11 is 7.70. The molecule has 0 aliphatic carbocycles. The first-order valence-corrected chi connectivity index (χ1v) is 8.85. The first kappa shape index (κ1) is 16.1. The van der Waals surface area contributed by atoms with Gasteiger partial charge in [-0.25, -0.2) is 0 Å². The molecule has 0 spiro atoms. The number of aromatic nitrogens is 3. The van der Waals surface area contributed by atoms with E-state index in [1.165, 1.54) is 5.56 Å². The van der Waals surface area contributed by atoms with E-state index in [0.29, 0.717) is 5.25 Å². The molecule has 5 heteroatoms. The van der Waals surface area contributed by atoms with Crippen LogP contribution in [0.25, 0.3) is 11.4 Å². The Balaban J connectivity index is 1.88. The highest BCUT2D eigenvalue weighted by atomic mass is 35.5. The molecule has 1 aromatic heterocycles. The van der Waals surface area contributed by atoms with Crippen molar-refractivity contribution < 1.29 is 0 Å². The molecule has 2 aromatic carbocycles. The second-order valence-electron chi connectivity index (χ2n) is 5.23. The molecular weight excluding hydrogens is 326 g/mol. The van der Waals surface area contributed by atoms with Crippen LogP contribution in [0.5, 0.6) is 0 Å². The number of hydrogen-bond acceptors (Lipinski definition) is 3. The van der Waals surface area contributed by atoms with E-state index < -0.39 is 0 Å². The number of rotatable bonds is 5. The average molecular weight is 344 g/mol. The normalized spacial score (nSPS) is 12.3. The minimum atomic E-state index is 0.323. The molecule has 23 heavy (non-hydrogen) atoms. The van der Waals surface area contributed by atoms with E-state index in [0.717, 1.165) is 28.1 Å². The summed E-state index contributed by atoms with van der Waals surface area (Å²) in [4.78, 5) is 0. The predicted molar refractivity (Wildman–Crippen MR) is 96.9 cm³/mol. The summed E-state index contributed by atoms with van der Waals surface area (Å²) in [7, 11) is 0. The van der Waals surface area contributed by atoms with Crippen molar-refractivity contribution >= 4 is 23.4 Å². The van der Waals surface area contributed by atoms with Gasteiger partial charge < -0.3 is 4.57 Å². The summed E-state index contributed by atoms with van der Waals surface area (Å²) in [5, 5.41) is 10.8. The van der Waals surface area contributed by atoms with Crippen molar-refractivity contribution in [3.05, 3.63) is 65.2 Å². The van der Waals surface area contributed by atoms with Crippen LogP contribution in [0.3, 0.4) is 0 Å². The molecule has 1 atom stereocenters. The number of hydrogen-bond donors (Lipinski definition) is 0. The second-order valence-corrected chi connectivity index (χ2v) is 6.97. The average Bonchev–Trinajstić information content (AvgIpc) is 2.99.